The summed E-state index contributed by atoms with van der Waals surface area (Å²) in [6.45, 7) is 1.07. The summed E-state index contributed by atoms with van der Waals surface area (Å²) >= 11 is 1.65. The van der Waals surface area contributed by atoms with Crippen molar-refractivity contribution in [2.75, 3.05) is 13.1 Å². The van der Waals surface area contributed by atoms with Crippen LogP contribution in [0, 0.1) is 0 Å². The highest BCUT2D eigenvalue weighted by Crippen LogP contribution is 2.22. The van der Waals surface area contributed by atoms with Gasteiger partial charge in [-0.1, -0.05) is 23.9 Å². The van der Waals surface area contributed by atoms with Gasteiger partial charge in [-0.3, -0.25) is 4.79 Å². The average molecular weight is 317 g/mol. The number of amides is 1. The van der Waals surface area contributed by atoms with E-state index >= 15 is 0 Å². The summed E-state index contributed by atoms with van der Waals surface area (Å²) in [4.78, 5) is 18.4. The Kier molecular flexibility index (Phi) is 4.49. The number of thioether (sulfide) groups is 1. The van der Waals surface area contributed by atoms with E-state index in [9.17, 15) is 9.90 Å². The molecule has 0 spiro atoms. The van der Waals surface area contributed by atoms with Crippen LogP contribution in [0.25, 0.3) is 0 Å². The van der Waals surface area contributed by atoms with E-state index in [-0.39, 0.29) is 12.0 Å². The number of likely N-dealkylation sites (tertiary alicyclic amines) is 1. The van der Waals surface area contributed by atoms with Crippen molar-refractivity contribution in [2.45, 2.75) is 23.4 Å². The first-order valence-electron chi connectivity index (χ1n) is 7.30. The second-order valence-corrected chi connectivity index (χ2v) is 6.45. The van der Waals surface area contributed by atoms with E-state index in [1.165, 1.54) is 0 Å². The summed E-state index contributed by atoms with van der Waals surface area (Å²) in [7, 11) is 1.97. The number of aryl methyl sites for hydroxylation is 1. The topological polar surface area (TPSA) is 58.4 Å². The third-order valence-corrected chi connectivity index (χ3v) is 4.90. The second kappa shape index (κ2) is 6.54. The smallest absolute Gasteiger partial charge is 0.253 e. The van der Waals surface area contributed by atoms with Crippen molar-refractivity contribution in [3.05, 3.63) is 47.8 Å². The fraction of sp³-hybridized carbons (Fsp3) is 0.375. The minimum atomic E-state index is -0.383. The van der Waals surface area contributed by atoms with Crippen molar-refractivity contribution in [1.29, 1.82) is 0 Å². The van der Waals surface area contributed by atoms with Gasteiger partial charge < -0.3 is 14.6 Å². The number of β-amino-alcohol motifs (C(OH)–C–C–N with tert-alkyl or cyclic N) is 1. The Balaban J connectivity index is 1.67. The number of hydrogen-bond acceptors (Lipinski definition) is 4. The van der Waals surface area contributed by atoms with Crippen LogP contribution in [0.3, 0.4) is 0 Å². The molecule has 0 bridgehead atoms. The number of rotatable bonds is 4. The molecule has 1 aliphatic rings. The summed E-state index contributed by atoms with van der Waals surface area (Å²) in [5.74, 6) is 0.773. The van der Waals surface area contributed by atoms with E-state index in [4.69, 9.17) is 0 Å². The van der Waals surface area contributed by atoms with Crippen molar-refractivity contribution < 1.29 is 9.90 Å². The number of aliphatic hydroxyl groups is 1. The lowest BCUT2D eigenvalue weighted by molar-refractivity contribution is 0.0765. The number of benzene rings is 1. The Labute approximate surface area is 134 Å². The number of aromatic nitrogens is 2. The monoisotopic (exact) mass is 317 g/mol. The first kappa shape index (κ1) is 15.1. The average Bonchev–Trinajstić information content (AvgIpc) is 3.13. The molecule has 22 heavy (non-hydrogen) atoms. The lowest BCUT2D eigenvalue weighted by Crippen LogP contribution is -2.29. The summed E-state index contributed by atoms with van der Waals surface area (Å²) < 4.78 is 1.98. The molecule has 1 amide bonds. The molecular formula is C16H19N3O2S. The van der Waals surface area contributed by atoms with Crippen LogP contribution in [0.4, 0.5) is 0 Å². The van der Waals surface area contributed by atoms with Gasteiger partial charge in [0.25, 0.3) is 5.91 Å². The van der Waals surface area contributed by atoms with Gasteiger partial charge in [0.2, 0.25) is 0 Å². The molecule has 6 heteroatoms. The van der Waals surface area contributed by atoms with Crippen LogP contribution < -0.4 is 0 Å². The summed E-state index contributed by atoms with van der Waals surface area (Å²) in [5, 5.41) is 10.5. The number of nitrogens with zero attached hydrogens (tertiary/aromatic N) is 3. The molecular weight excluding hydrogens is 298 g/mol. The second-order valence-electron chi connectivity index (χ2n) is 5.50. The van der Waals surface area contributed by atoms with Crippen LogP contribution in [-0.4, -0.2) is 44.7 Å². The minimum Gasteiger partial charge on any atom is -0.391 e. The number of aliphatic hydroxyl groups excluding tert-OH is 1. The lowest BCUT2D eigenvalue weighted by atomic mass is 10.1. The number of hydrogen-bond donors (Lipinski definition) is 1. The molecule has 0 aliphatic carbocycles. The molecule has 5 nitrogen and oxygen atoms in total. The zero-order valence-corrected chi connectivity index (χ0v) is 13.3. The third kappa shape index (κ3) is 3.34. The van der Waals surface area contributed by atoms with Gasteiger partial charge in [0.15, 0.2) is 5.16 Å². The molecule has 0 unspecified atom stereocenters. The number of carbonyl (C=O) groups excluding carboxylic acids is 1. The molecule has 1 saturated heterocycles. The van der Waals surface area contributed by atoms with Crippen LogP contribution in [-0.2, 0) is 12.8 Å². The van der Waals surface area contributed by atoms with Crippen LogP contribution in [0.1, 0.15) is 22.3 Å². The van der Waals surface area contributed by atoms with E-state index in [1.807, 2.05) is 42.1 Å². The molecule has 116 valence electrons. The SMILES string of the molecule is Cn1ccnc1SCc1cccc(C(=O)N2CC[C@@H](O)C2)c1. The highest BCUT2D eigenvalue weighted by atomic mass is 32.2. The van der Waals surface area contributed by atoms with Gasteiger partial charge in [-0.15, -0.1) is 0 Å². The fourth-order valence-electron chi connectivity index (χ4n) is 2.54. The van der Waals surface area contributed by atoms with Crippen LogP contribution in [0.2, 0.25) is 0 Å². The Morgan fingerprint density at radius 1 is 1.50 bits per heavy atom. The van der Waals surface area contributed by atoms with E-state index in [2.05, 4.69) is 4.98 Å². The van der Waals surface area contributed by atoms with Crippen LogP contribution in [0.15, 0.2) is 41.8 Å². The van der Waals surface area contributed by atoms with Crippen molar-refractivity contribution in [3.63, 3.8) is 0 Å². The molecule has 2 aromatic rings. The number of imidazole rings is 1. The molecule has 2 heterocycles. The van der Waals surface area contributed by atoms with Crippen molar-refractivity contribution in [3.8, 4) is 0 Å². The highest BCUT2D eigenvalue weighted by molar-refractivity contribution is 7.98. The Morgan fingerprint density at radius 3 is 3.05 bits per heavy atom. The minimum absolute atomic E-state index is 0.000363. The summed E-state index contributed by atoms with van der Waals surface area (Å²) in [6, 6.07) is 7.70. The predicted molar refractivity (Wildman–Crippen MR) is 85.7 cm³/mol. The van der Waals surface area contributed by atoms with Gasteiger partial charge in [0, 0.05) is 43.8 Å². The summed E-state index contributed by atoms with van der Waals surface area (Å²) in [5.41, 5.74) is 1.78. The van der Waals surface area contributed by atoms with E-state index in [0.717, 1.165) is 16.5 Å². The van der Waals surface area contributed by atoms with E-state index in [0.29, 0.717) is 25.1 Å². The number of carbonyl (C=O) groups is 1. The Bertz CT molecular complexity index is 671. The zero-order valence-electron chi connectivity index (χ0n) is 12.5. The van der Waals surface area contributed by atoms with Gasteiger partial charge in [-0.2, -0.15) is 0 Å². The quantitative estimate of drug-likeness (QED) is 0.875. The van der Waals surface area contributed by atoms with Crippen molar-refractivity contribution in [2.24, 2.45) is 7.05 Å². The molecule has 0 saturated carbocycles. The fourth-order valence-corrected chi connectivity index (χ4v) is 3.42. The normalized spacial score (nSPS) is 17.9. The maximum atomic E-state index is 12.4. The maximum absolute atomic E-state index is 12.4. The summed E-state index contributed by atoms with van der Waals surface area (Å²) in [6.07, 6.45) is 3.98. The highest BCUT2D eigenvalue weighted by Gasteiger charge is 2.25. The van der Waals surface area contributed by atoms with Crippen molar-refractivity contribution >= 4 is 17.7 Å². The van der Waals surface area contributed by atoms with Gasteiger partial charge in [-0.25, -0.2) is 4.98 Å². The van der Waals surface area contributed by atoms with Gasteiger partial charge in [0.05, 0.1) is 6.10 Å². The van der Waals surface area contributed by atoms with Crippen molar-refractivity contribution in [1.82, 2.24) is 14.5 Å². The largest absolute Gasteiger partial charge is 0.391 e. The Morgan fingerprint density at radius 2 is 2.36 bits per heavy atom. The standard InChI is InChI=1S/C16H19N3O2S/c1-18-8-6-17-16(18)22-11-12-3-2-4-13(9-12)15(21)19-7-5-14(20)10-19/h2-4,6,8-9,14,20H,5,7,10-11H2,1H3/t14-/m1/s1. The maximum Gasteiger partial charge on any atom is 0.253 e. The zero-order chi connectivity index (χ0) is 15.5. The van der Waals surface area contributed by atoms with Gasteiger partial charge in [-0.05, 0) is 24.1 Å². The molecule has 1 aliphatic heterocycles. The van der Waals surface area contributed by atoms with Gasteiger partial charge >= 0.3 is 0 Å². The van der Waals surface area contributed by atoms with E-state index < -0.39 is 0 Å². The first-order valence-corrected chi connectivity index (χ1v) is 8.28. The van der Waals surface area contributed by atoms with Gasteiger partial charge in [0.1, 0.15) is 0 Å². The van der Waals surface area contributed by atoms with Crippen LogP contribution in [0.5, 0.6) is 0 Å². The molecule has 0 radical (unpaired) electrons. The third-order valence-electron chi connectivity index (χ3n) is 3.77. The van der Waals surface area contributed by atoms with Crippen LogP contribution >= 0.6 is 11.8 Å². The Hall–Kier alpha value is -1.79. The molecule has 3 rings (SSSR count). The van der Waals surface area contributed by atoms with E-state index in [1.54, 1.807) is 22.9 Å². The molecule has 1 aromatic carbocycles. The molecule has 1 N–H and O–H groups in total. The lowest BCUT2D eigenvalue weighted by Gasteiger charge is -2.16. The predicted octanol–water partition coefficient (Wildman–Crippen LogP) is 1.92. The molecule has 1 fully saturated rings. The first-order chi connectivity index (χ1) is 10.6. The molecule has 1 aromatic heterocycles. The molecule has 1 atom stereocenters.